The van der Waals surface area contributed by atoms with E-state index < -0.39 is 23.1 Å². The van der Waals surface area contributed by atoms with Gasteiger partial charge in [-0.25, -0.2) is 9.97 Å². The van der Waals surface area contributed by atoms with E-state index in [1.165, 1.54) is 0 Å². The molecule has 9 nitrogen and oxygen atoms in total. The fourth-order valence-electron chi connectivity index (χ4n) is 6.38. The quantitative estimate of drug-likeness (QED) is 0.376. The number of carbonyl (C=O) groups is 2. The Morgan fingerprint density at radius 3 is 2.32 bits per heavy atom. The number of carboxylic acid groups (broad SMARTS) is 1. The van der Waals surface area contributed by atoms with Gasteiger partial charge in [-0.15, -0.1) is 22.4 Å². The van der Waals surface area contributed by atoms with Gasteiger partial charge in [0.1, 0.15) is 11.2 Å². The van der Waals surface area contributed by atoms with Crippen LogP contribution in [-0.2, 0) is 42.6 Å². The molecule has 4 aliphatic heterocycles. The Bertz CT molecular complexity index is 1920. The van der Waals surface area contributed by atoms with Gasteiger partial charge in [-0.1, -0.05) is 55.1 Å². The van der Waals surface area contributed by atoms with Gasteiger partial charge in [-0.05, 0) is 62.8 Å². The van der Waals surface area contributed by atoms with E-state index in [2.05, 4.69) is 13.2 Å². The van der Waals surface area contributed by atoms with Crippen molar-refractivity contribution in [3.63, 3.8) is 0 Å². The monoisotopic (exact) mass is 632 g/mol. The molecule has 2 aromatic rings. The number of carbonyl (C=O) groups excluding carboxylic acids is 2. The van der Waals surface area contributed by atoms with Crippen LogP contribution in [0, 0.1) is 6.92 Å². The Balaban J connectivity index is 0.00000230. The van der Waals surface area contributed by atoms with Gasteiger partial charge in [0.2, 0.25) is 0 Å². The topological polar surface area (TPSA) is 141 Å². The van der Waals surface area contributed by atoms with Gasteiger partial charge in [-0.3, -0.25) is 4.79 Å². The van der Waals surface area contributed by atoms with Gasteiger partial charge in [0.25, 0.3) is 0 Å². The average molecular weight is 632 g/mol. The maximum atomic E-state index is 12.5. The number of hydrogen-bond donors (Lipinski definition) is 1. The van der Waals surface area contributed by atoms with Gasteiger partial charge >= 0.3 is 24.5 Å². The molecule has 4 aliphatic rings. The van der Waals surface area contributed by atoms with Crippen molar-refractivity contribution in [3.8, 4) is 0 Å². The van der Waals surface area contributed by atoms with Crippen LogP contribution in [0.5, 0.6) is 0 Å². The third-order valence-electron chi connectivity index (χ3n) is 8.99. The molecule has 0 aromatic carbocycles. The molecule has 1 saturated heterocycles. The molecule has 1 spiro atoms. The number of ether oxygens (including phenoxy) is 1. The summed E-state index contributed by atoms with van der Waals surface area (Å²) in [5.74, 6) is -1.62. The smallest absolute Gasteiger partial charge is 0.659 e. The second-order valence-electron chi connectivity index (χ2n) is 11.4. The SMILES string of the molecule is C=CC1=C(C)c2cc3[n-]c(cc4nc(cc5[n-]c(cc1n2)[C@@](C)(O)[C@@]51CCC(=O)O1)C(CCC(=O)[O-])=C4C)c(C)c3C=C.[Fe+2].[H+]. The summed E-state index contributed by atoms with van der Waals surface area (Å²) in [5, 5.41) is 23.5. The standard InChI is InChI=1S/C34H33N4O5.Fe/c1-7-20-17(3)23-13-24-19(5)22(9-10-31(39)40)28(37-24)16-30-34(12-11-32(41)43-34)33(6,42)29(38-30)15-27-21(8-2)18(4)25(36-27)14-26(20)35-23;/h7-8,13-16,42H,1-2,9-12H2,3-6H3,(H2-,35,36,37,38,39,40);/q-1;+2/p-1/t33-,34-;/m1./s1. The number of allylic oxidation sites excluding steroid dienone is 5. The van der Waals surface area contributed by atoms with Crippen LogP contribution in [0.25, 0.3) is 39.4 Å². The molecule has 2 atom stereocenters. The van der Waals surface area contributed by atoms with Gasteiger partial charge in [0.15, 0.2) is 0 Å². The first-order valence-corrected chi connectivity index (χ1v) is 14.2. The van der Waals surface area contributed by atoms with E-state index in [0.717, 1.165) is 27.8 Å². The van der Waals surface area contributed by atoms with Crippen LogP contribution >= 0.6 is 0 Å². The zero-order valence-electron chi connectivity index (χ0n) is 25.9. The average Bonchev–Trinajstić information content (AvgIpc) is 3.69. The van der Waals surface area contributed by atoms with Crippen LogP contribution in [0.1, 0.15) is 93.2 Å². The number of rotatable bonds is 5. The van der Waals surface area contributed by atoms with E-state index in [4.69, 9.17) is 24.7 Å². The Labute approximate surface area is 267 Å². The van der Waals surface area contributed by atoms with E-state index in [0.29, 0.717) is 45.1 Å². The Kier molecular flexibility index (Phi) is 7.82. The zero-order chi connectivity index (χ0) is 30.8. The number of nitrogens with zero attached hydrogens (tertiary/aromatic N) is 4. The summed E-state index contributed by atoms with van der Waals surface area (Å²) in [5.41, 5.74) is 6.13. The minimum atomic E-state index is -1.69. The molecule has 0 aliphatic carbocycles. The van der Waals surface area contributed by atoms with Crippen LogP contribution in [0.15, 0.2) is 43.5 Å². The number of aliphatic hydroxyl groups is 1. The first kappa shape index (κ1) is 31.2. The van der Waals surface area contributed by atoms with Crippen molar-refractivity contribution in [2.24, 2.45) is 0 Å². The number of fused-ring (bicyclic) bond motifs is 9. The maximum absolute atomic E-state index is 12.5. The number of hydrogen-bond acceptors (Lipinski definition) is 7. The zero-order valence-corrected chi connectivity index (χ0v) is 26.0. The Morgan fingerprint density at radius 1 is 1.02 bits per heavy atom. The van der Waals surface area contributed by atoms with Crippen molar-refractivity contribution in [3.05, 3.63) is 88.8 Å². The van der Waals surface area contributed by atoms with E-state index in [-0.39, 0.29) is 49.9 Å². The third kappa shape index (κ3) is 4.65. The van der Waals surface area contributed by atoms with E-state index >= 15 is 0 Å². The van der Waals surface area contributed by atoms with Crippen molar-refractivity contribution in [1.29, 1.82) is 0 Å². The largest absolute Gasteiger partial charge is 2.00 e. The fraction of sp³-hybridized carbons (Fsp3) is 0.294. The molecule has 0 amide bonds. The fourth-order valence-corrected chi connectivity index (χ4v) is 6.38. The summed E-state index contributed by atoms with van der Waals surface area (Å²) < 4.78 is 5.88. The molecule has 6 rings (SSSR count). The summed E-state index contributed by atoms with van der Waals surface area (Å²) in [7, 11) is 0. The molecule has 2 aromatic heterocycles. The molecule has 1 fully saturated rings. The number of aryl methyl sites for hydroxylation is 1. The molecule has 1 N–H and O–H groups in total. The van der Waals surface area contributed by atoms with E-state index in [9.17, 15) is 19.8 Å². The van der Waals surface area contributed by atoms with Crippen molar-refractivity contribution in [2.75, 3.05) is 0 Å². The van der Waals surface area contributed by atoms with Crippen molar-refractivity contribution >= 4 is 51.3 Å². The van der Waals surface area contributed by atoms with Gasteiger partial charge in [0.05, 0.1) is 22.8 Å². The number of aromatic nitrogens is 4. The second-order valence-corrected chi connectivity index (χ2v) is 11.4. The summed E-state index contributed by atoms with van der Waals surface area (Å²) in [6.07, 6.45) is 3.77. The molecular formula is C34H32FeN4O5. The number of carboxylic acids is 1. The molecule has 0 saturated carbocycles. The molecule has 226 valence electrons. The maximum Gasteiger partial charge on any atom is 2.00 e. The predicted molar refractivity (Wildman–Crippen MR) is 162 cm³/mol. The van der Waals surface area contributed by atoms with Crippen LogP contribution in [0.4, 0.5) is 0 Å². The van der Waals surface area contributed by atoms with Crippen molar-refractivity contribution in [1.82, 2.24) is 19.9 Å². The van der Waals surface area contributed by atoms with Gasteiger partial charge < -0.3 is 29.7 Å². The molecule has 8 bridgehead atoms. The van der Waals surface area contributed by atoms with E-state index in [1.54, 1.807) is 31.2 Å². The van der Waals surface area contributed by atoms with Gasteiger partial charge in [0, 0.05) is 24.4 Å². The van der Waals surface area contributed by atoms with Crippen LogP contribution in [0.3, 0.4) is 0 Å². The Morgan fingerprint density at radius 2 is 1.68 bits per heavy atom. The summed E-state index contributed by atoms with van der Waals surface area (Å²) in [4.78, 5) is 43.5. The molecule has 6 heterocycles. The summed E-state index contributed by atoms with van der Waals surface area (Å²) >= 11 is 0. The van der Waals surface area contributed by atoms with Crippen molar-refractivity contribution in [2.45, 2.75) is 64.6 Å². The summed E-state index contributed by atoms with van der Waals surface area (Å²) in [6.45, 7) is 15.4. The molecular weight excluding hydrogens is 600 g/mol. The summed E-state index contributed by atoms with van der Waals surface area (Å²) in [6, 6.07) is 7.16. The predicted octanol–water partition coefficient (Wildman–Crippen LogP) is 4.37. The number of aliphatic carboxylic acids is 1. The minimum Gasteiger partial charge on any atom is -0.659 e. The van der Waals surface area contributed by atoms with E-state index in [1.807, 2.05) is 32.9 Å². The first-order chi connectivity index (χ1) is 20.4. The van der Waals surface area contributed by atoms with Crippen molar-refractivity contribution < 1.29 is 43.0 Å². The molecule has 44 heavy (non-hydrogen) atoms. The molecule has 10 heteroatoms. The first-order valence-electron chi connectivity index (χ1n) is 14.2. The van der Waals surface area contributed by atoms with Gasteiger partial charge in [-0.2, -0.15) is 0 Å². The third-order valence-corrected chi connectivity index (χ3v) is 8.99. The minimum absolute atomic E-state index is 0. The van der Waals surface area contributed by atoms with Crippen LogP contribution in [0.2, 0.25) is 0 Å². The molecule has 0 unspecified atom stereocenters. The second kappa shape index (κ2) is 11.0. The number of esters is 1. The van der Waals surface area contributed by atoms with Crippen LogP contribution < -0.4 is 15.1 Å². The Hall–Kier alpha value is -4.24. The van der Waals surface area contributed by atoms with Crippen LogP contribution in [-0.4, -0.2) is 27.0 Å². The molecule has 0 radical (unpaired) electrons. The normalized spacial score (nSPS) is 21.7.